The van der Waals surface area contributed by atoms with Gasteiger partial charge in [0.2, 0.25) is 5.91 Å². The number of primary amides is 1. The highest BCUT2D eigenvalue weighted by Gasteiger charge is 2.29. The molecule has 3 atom stereocenters. The average Bonchev–Trinajstić information content (AvgIpc) is 2.39. The number of anilines is 1. The van der Waals surface area contributed by atoms with Gasteiger partial charge in [0, 0.05) is 23.1 Å². The van der Waals surface area contributed by atoms with Crippen molar-refractivity contribution in [3.8, 4) is 0 Å². The van der Waals surface area contributed by atoms with Crippen LogP contribution in [-0.2, 0) is 4.79 Å². The Balaban J connectivity index is 2.27. The molecule has 110 valence electrons. The zero-order chi connectivity index (χ0) is 14.9. The predicted octanol–water partition coefficient (Wildman–Crippen LogP) is 2.56. The highest BCUT2D eigenvalue weighted by molar-refractivity contribution is 9.10. The van der Waals surface area contributed by atoms with Gasteiger partial charge in [-0.25, -0.2) is 0 Å². The van der Waals surface area contributed by atoms with E-state index in [1.807, 2.05) is 13.0 Å². The third kappa shape index (κ3) is 3.15. The molecule has 2 rings (SSSR count). The molecule has 1 saturated heterocycles. The first-order valence-electron chi connectivity index (χ1n) is 7.01. The lowest BCUT2D eigenvalue weighted by Crippen LogP contribution is -2.46. The molecule has 1 aromatic carbocycles. The van der Waals surface area contributed by atoms with Crippen molar-refractivity contribution in [2.24, 2.45) is 17.4 Å². The largest absolute Gasteiger partial charge is 0.369 e. The number of benzene rings is 1. The molecule has 4 nitrogen and oxygen atoms in total. The number of nitrogens with zero attached hydrogens (tertiary/aromatic N) is 1. The zero-order valence-corrected chi connectivity index (χ0v) is 13.6. The van der Waals surface area contributed by atoms with Gasteiger partial charge in [-0.2, -0.15) is 0 Å². The lowest BCUT2D eigenvalue weighted by Gasteiger charge is -2.39. The zero-order valence-electron chi connectivity index (χ0n) is 12.0. The summed E-state index contributed by atoms with van der Waals surface area (Å²) < 4.78 is 1.02. The molecular weight excluding hydrogens is 318 g/mol. The summed E-state index contributed by atoms with van der Waals surface area (Å²) in [5.41, 5.74) is 13.6. The number of hydrogen-bond donors (Lipinski definition) is 2. The van der Waals surface area contributed by atoms with Gasteiger partial charge in [0.1, 0.15) is 0 Å². The maximum Gasteiger partial charge on any atom is 0.222 e. The van der Waals surface area contributed by atoms with E-state index < -0.39 is 0 Å². The number of carbonyl (C=O) groups is 1. The summed E-state index contributed by atoms with van der Waals surface area (Å²) in [6.07, 6.45) is 1.86. The molecule has 1 fully saturated rings. The Labute approximate surface area is 128 Å². The smallest absolute Gasteiger partial charge is 0.222 e. The topological polar surface area (TPSA) is 72.4 Å². The molecule has 0 aliphatic carbocycles. The van der Waals surface area contributed by atoms with Crippen LogP contribution < -0.4 is 16.4 Å². The maximum atomic E-state index is 11.4. The van der Waals surface area contributed by atoms with E-state index in [1.165, 1.54) is 0 Å². The van der Waals surface area contributed by atoms with Crippen molar-refractivity contribution in [3.63, 3.8) is 0 Å². The van der Waals surface area contributed by atoms with Crippen LogP contribution in [0.15, 0.2) is 22.7 Å². The Morgan fingerprint density at radius 1 is 1.45 bits per heavy atom. The van der Waals surface area contributed by atoms with Crippen molar-refractivity contribution in [1.29, 1.82) is 0 Å². The average molecular weight is 340 g/mol. The van der Waals surface area contributed by atoms with E-state index in [0.29, 0.717) is 12.6 Å². The molecule has 0 aromatic heterocycles. The van der Waals surface area contributed by atoms with E-state index in [0.717, 1.165) is 28.6 Å². The van der Waals surface area contributed by atoms with E-state index in [-0.39, 0.29) is 17.9 Å². The van der Waals surface area contributed by atoms with Crippen LogP contribution in [-0.4, -0.2) is 18.5 Å². The van der Waals surface area contributed by atoms with Crippen molar-refractivity contribution < 1.29 is 4.79 Å². The van der Waals surface area contributed by atoms with Gasteiger partial charge in [-0.3, -0.25) is 4.79 Å². The summed E-state index contributed by atoms with van der Waals surface area (Å²) in [6, 6.07) is 6.59. The minimum absolute atomic E-state index is 0.0116. The minimum Gasteiger partial charge on any atom is -0.369 e. The van der Waals surface area contributed by atoms with Gasteiger partial charge in [0.15, 0.2) is 0 Å². The number of halogens is 1. The SMILES string of the molecule is CC1CCC(C(N)=O)CN1c1ccc([C@@H](C)N)cc1Br. The van der Waals surface area contributed by atoms with Gasteiger partial charge >= 0.3 is 0 Å². The second-order valence-electron chi connectivity index (χ2n) is 5.68. The van der Waals surface area contributed by atoms with Gasteiger partial charge in [-0.05, 0) is 60.3 Å². The first-order chi connectivity index (χ1) is 9.40. The van der Waals surface area contributed by atoms with Crippen LogP contribution in [0.5, 0.6) is 0 Å². The third-order valence-corrected chi connectivity index (χ3v) is 4.73. The van der Waals surface area contributed by atoms with Crippen LogP contribution in [0.1, 0.15) is 38.3 Å². The normalized spacial score (nSPS) is 24.5. The summed E-state index contributed by atoms with van der Waals surface area (Å²) in [5, 5.41) is 0. The van der Waals surface area contributed by atoms with Gasteiger partial charge in [-0.15, -0.1) is 0 Å². The summed E-state index contributed by atoms with van der Waals surface area (Å²) in [7, 11) is 0. The van der Waals surface area contributed by atoms with Crippen molar-refractivity contribution in [1.82, 2.24) is 0 Å². The lowest BCUT2D eigenvalue weighted by molar-refractivity contribution is -0.122. The molecule has 0 bridgehead atoms. The lowest BCUT2D eigenvalue weighted by atomic mass is 9.92. The molecule has 4 N–H and O–H groups in total. The van der Waals surface area contributed by atoms with Crippen LogP contribution in [0, 0.1) is 5.92 Å². The Kier molecular flexibility index (Phi) is 4.70. The summed E-state index contributed by atoms with van der Waals surface area (Å²) in [6.45, 7) is 4.84. The van der Waals surface area contributed by atoms with Gasteiger partial charge in [-0.1, -0.05) is 6.07 Å². The highest BCUT2D eigenvalue weighted by atomic mass is 79.9. The van der Waals surface area contributed by atoms with Crippen molar-refractivity contribution >= 4 is 27.5 Å². The fourth-order valence-corrected chi connectivity index (χ4v) is 3.34. The molecule has 5 heteroatoms. The van der Waals surface area contributed by atoms with Crippen molar-refractivity contribution in [3.05, 3.63) is 28.2 Å². The molecular formula is C15H22BrN3O. The van der Waals surface area contributed by atoms with E-state index in [4.69, 9.17) is 11.5 Å². The van der Waals surface area contributed by atoms with Crippen LogP contribution in [0.3, 0.4) is 0 Å². The molecule has 2 unspecified atom stereocenters. The molecule has 1 aliphatic rings. The number of hydrogen-bond acceptors (Lipinski definition) is 3. The van der Waals surface area contributed by atoms with E-state index >= 15 is 0 Å². The van der Waals surface area contributed by atoms with Gasteiger partial charge in [0.25, 0.3) is 0 Å². The fraction of sp³-hybridized carbons (Fsp3) is 0.533. The second-order valence-corrected chi connectivity index (χ2v) is 6.53. The maximum absolute atomic E-state index is 11.4. The number of nitrogens with two attached hydrogens (primary N) is 2. The number of carbonyl (C=O) groups excluding carboxylic acids is 1. The molecule has 1 amide bonds. The van der Waals surface area contributed by atoms with E-state index in [1.54, 1.807) is 0 Å². The predicted molar refractivity (Wildman–Crippen MR) is 85.5 cm³/mol. The second kappa shape index (κ2) is 6.14. The van der Waals surface area contributed by atoms with Crippen molar-refractivity contribution in [2.45, 2.75) is 38.8 Å². The van der Waals surface area contributed by atoms with Crippen LogP contribution in [0.2, 0.25) is 0 Å². The Morgan fingerprint density at radius 3 is 2.70 bits per heavy atom. The molecule has 1 heterocycles. The number of rotatable bonds is 3. The van der Waals surface area contributed by atoms with Gasteiger partial charge in [0.05, 0.1) is 11.6 Å². The molecule has 20 heavy (non-hydrogen) atoms. The van der Waals surface area contributed by atoms with Gasteiger partial charge < -0.3 is 16.4 Å². The number of piperidine rings is 1. The highest BCUT2D eigenvalue weighted by Crippen LogP contribution is 2.34. The first-order valence-corrected chi connectivity index (χ1v) is 7.80. The van der Waals surface area contributed by atoms with E-state index in [2.05, 4.69) is 39.9 Å². The quantitative estimate of drug-likeness (QED) is 0.888. The molecule has 0 saturated carbocycles. The third-order valence-electron chi connectivity index (χ3n) is 4.09. The molecule has 1 aromatic rings. The van der Waals surface area contributed by atoms with Crippen LogP contribution in [0.4, 0.5) is 5.69 Å². The summed E-state index contributed by atoms with van der Waals surface area (Å²) in [4.78, 5) is 13.7. The Bertz CT molecular complexity index is 504. The summed E-state index contributed by atoms with van der Waals surface area (Å²) in [5.74, 6) is -0.267. The molecule has 0 spiro atoms. The Morgan fingerprint density at radius 2 is 2.15 bits per heavy atom. The number of amides is 1. The Hall–Kier alpha value is -1.07. The summed E-state index contributed by atoms with van der Waals surface area (Å²) >= 11 is 3.62. The first kappa shape index (κ1) is 15.3. The minimum atomic E-state index is -0.203. The monoisotopic (exact) mass is 339 g/mol. The molecule has 1 aliphatic heterocycles. The van der Waals surface area contributed by atoms with Crippen LogP contribution >= 0.6 is 15.9 Å². The van der Waals surface area contributed by atoms with E-state index in [9.17, 15) is 4.79 Å². The van der Waals surface area contributed by atoms with Crippen LogP contribution in [0.25, 0.3) is 0 Å². The standard InChI is InChI=1S/C15H22BrN3O/c1-9-3-4-12(15(18)20)8-19(9)14-6-5-11(10(2)17)7-13(14)16/h5-7,9-10,12H,3-4,8,17H2,1-2H3,(H2,18,20)/t9?,10-,12?/m1/s1. The fourth-order valence-electron chi connectivity index (χ4n) is 2.71. The van der Waals surface area contributed by atoms with Crippen molar-refractivity contribution in [2.75, 3.05) is 11.4 Å². The molecule has 0 radical (unpaired) electrons.